The Balaban J connectivity index is 1.61. The number of hydrogen-bond acceptors (Lipinski definition) is 10. The highest BCUT2D eigenvalue weighted by Gasteiger charge is 2.28. The van der Waals surface area contributed by atoms with Crippen molar-refractivity contribution >= 4 is 35.3 Å². The summed E-state index contributed by atoms with van der Waals surface area (Å²) in [5.41, 5.74) is 12.4. The summed E-state index contributed by atoms with van der Waals surface area (Å²) in [5, 5.41) is 21.2. The number of anilines is 2. The monoisotopic (exact) mass is 551 g/mol. The first-order valence-corrected chi connectivity index (χ1v) is 12.1. The molecule has 0 radical (unpaired) electrons. The number of hydrogen-bond donors (Lipinski definition) is 5. The Bertz CT molecular complexity index is 1230. The molecule has 1 aromatic heterocycles. The molecule has 13 heteroatoms. The largest absolute Gasteiger partial charge is 0.481 e. The quantitative estimate of drug-likeness (QED) is 0.170. The molecule has 0 unspecified atom stereocenters. The van der Waals surface area contributed by atoms with Crippen LogP contribution in [0.3, 0.4) is 0 Å². The zero-order valence-corrected chi connectivity index (χ0v) is 21.4. The summed E-state index contributed by atoms with van der Waals surface area (Å²) in [6.45, 7) is -0.312. The summed E-state index contributed by atoms with van der Waals surface area (Å²) in [4.78, 5) is 56.5. The van der Waals surface area contributed by atoms with Crippen molar-refractivity contribution in [2.75, 3.05) is 24.7 Å². The second kappa shape index (κ2) is 14.3. The van der Waals surface area contributed by atoms with Gasteiger partial charge in [0.05, 0.1) is 32.3 Å². The van der Waals surface area contributed by atoms with Gasteiger partial charge >= 0.3 is 11.9 Å². The number of ketones is 1. The molecule has 0 saturated carbocycles. The van der Waals surface area contributed by atoms with Crippen molar-refractivity contribution < 1.29 is 38.9 Å². The molecule has 13 nitrogen and oxygen atoms in total. The highest BCUT2D eigenvalue weighted by atomic mass is 16.5. The topological polar surface area (TPSA) is 217 Å². The average molecular weight is 552 g/mol. The molecule has 0 bridgehead atoms. The SMILES string of the molecule is Nc1nc(C(=O)N[C@@H](COCc2ccccc2)C(=O)O)c(N)nc1C(=O)C[C@@H](COCc1ccccc1)C(=O)O. The molecule has 0 spiro atoms. The van der Waals surface area contributed by atoms with E-state index in [9.17, 15) is 29.4 Å². The summed E-state index contributed by atoms with van der Waals surface area (Å²) in [5.74, 6) is -6.54. The normalized spacial score (nSPS) is 12.3. The molecule has 40 heavy (non-hydrogen) atoms. The number of carbonyl (C=O) groups excluding carboxylic acids is 2. The molecule has 3 aromatic rings. The zero-order chi connectivity index (χ0) is 29.1. The van der Waals surface area contributed by atoms with Crippen molar-refractivity contribution in [2.24, 2.45) is 5.92 Å². The lowest BCUT2D eigenvalue weighted by Gasteiger charge is -2.16. The summed E-state index contributed by atoms with van der Waals surface area (Å²) in [7, 11) is 0. The lowest BCUT2D eigenvalue weighted by molar-refractivity contribution is -0.144. The van der Waals surface area contributed by atoms with Gasteiger partial charge in [0.25, 0.3) is 5.91 Å². The van der Waals surface area contributed by atoms with Crippen molar-refractivity contribution in [1.82, 2.24) is 15.3 Å². The third-order valence-electron chi connectivity index (χ3n) is 5.64. The van der Waals surface area contributed by atoms with E-state index in [-0.39, 0.29) is 26.4 Å². The number of nitrogens with zero attached hydrogens (tertiary/aromatic N) is 2. The zero-order valence-electron chi connectivity index (χ0n) is 21.4. The fraction of sp³-hybridized carbons (Fsp3) is 0.259. The molecule has 1 amide bonds. The highest BCUT2D eigenvalue weighted by Crippen LogP contribution is 2.18. The van der Waals surface area contributed by atoms with Gasteiger partial charge in [0.2, 0.25) is 0 Å². The third kappa shape index (κ3) is 8.58. The van der Waals surface area contributed by atoms with Crippen LogP contribution in [0.1, 0.15) is 38.5 Å². The standard InChI is InChI=1S/C27H29N5O8/c28-23-21(20(33)11-18(26(35)36)14-39-12-16-7-3-1-4-8-16)31-24(29)22(32-23)25(34)30-19(27(37)38)15-40-13-17-9-5-2-6-10-17/h1-10,18-19H,11-15H2,(H2,28,32)(H2,29,31)(H,30,34)(H,35,36)(H,37,38)/t18-,19-/m0/s1. The minimum atomic E-state index is -1.44. The number of carboxylic acid groups (broad SMARTS) is 2. The number of amides is 1. The first-order valence-electron chi connectivity index (χ1n) is 12.1. The molecule has 0 aliphatic carbocycles. The van der Waals surface area contributed by atoms with Gasteiger partial charge in [-0.2, -0.15) is 0 Å². The molecule has 7 N–H and O–H groups in total. The Hall–Kier alpha value is -4.88. The first-order chi connectivity index (χ1) is 19.2. The van der Waals surface area contributed by atoms with Crippen LogP contribution in [0.25, 0.3) is 0 Å². The van der Waals surface area contributed by atoms with Crippen molar-refractivity contribution in [3.63, 3.8) is 0 Å². The maximum atomic E-state index is 12.8. The number of aromatic nitrogens is 2. The smallest absolute Gasteiger partial charge is 0.328 e. The van der Waals surface area contributed by atoms with Crippen LogP contribution >= 0.6 is 0 Å². The molecule has 1 heterocycles. The van der Waals surface area contributed by atoms with Gasteiger partial charge in [-0.05, 0) is 11.1 Å². The average Bonchev–Trinajstić information content (AvgIpc) is 2.93. The van der Waals surface area contributed by atoms with Crippen LogP contribution in [-0.2, 0) is 32.3 Å². The van der Waals surface area contributed by atoms with Gasteiger partial charge in [-0.15, -0.1) is 0 Å². The third-order valence-corrected chi connectivity index (χ3v) is 5.64. The van der Waals surface area contributed by atoms with Crippen LogP contribution in [0.5, 0.6) is 0 Å². The number of Topliss-reactive ketones (excluding diaryl/α,β-unsaturated/α-hetero) is 1. The number of nitrogens with two attached hydrogens (primary N) is 2. The molecular formula is C27H29N5O8. The van der Waals surface area contributed by atoms with Gasteiger partial charge in [0.15, 0.2) is 34.8 Å². The first kappa shape index (κ1) is 29.7. The van der Waals surface area contributed by atoms with E-state index in [2.05, 4.69) is 15.3 Å². The summed E-state index contributed by atoms with van der Waals surface area (Å²) >= 11 is 0. The Morgan fingerprint density at radius 2 is 1.25 bits per heavy atom. The van der Waals surface area contributed by atoms with Gasteiger partial charge in [0.1, 0.15) is 0 Å². The van der Waals surface area contributed by atoms with Gasteiger partial charge < -0.3 is 36.5 Å². The second-order valence-corrected chi connectivity index (χ2v) is 8.72. The van der Waals surface area contributed by atoms with Gasteiger partial charge in [-0.25, -0.2) is 14.8 Å². The molecule has 0 fully saturated rings. The minimum Gasteiger partial charge on any atom is -0.481 e. The van der Waals surface area contributed by atoms with E-state index in [1.54, 1.807) is 24.3 Å². The predicted molar refractivity (Wildman–Crippen MR) is 142 cm³/mol. The Kier molecular flexibility index (Phi) is 10.6. The van der Waals surface area contributed by atoms with Gasteiger partial charge in [-0.3, -0.25) is 14.4 Å². The number of ether oxygens (including phenoxy) is 2. The molecule has 2 aromatic carbocycles. The number of nitrogen functional groups attached to an aromatic ring is 2. The van der Waals surface area contributed by atoms with Crippen LogP contribution in [0.4, 0.5) is 11.6 Å². The van der Waals surface area contributed by atoms with Crippen LogP contribution < -0.4 is 16.8 Å². The van der Waals surface area contributed by atoms with Crippen molar-refractivity contribution in [3.05, 3.63) is 83.2 Å². The molecule has 0 saturated heterocycles. The van der Waals surface area contributed by atoms with Crippen molar-refractivity contribution in [1.29, 1.82) is 0 Å². The number of rotatable bonds is 15. The molecule has 3 rings (SSSR count). The molecular weight excluding hydrogens is 522 g/mol. The van der Waals surface area contributed by atoms with Crippen LogP contribution in [-0.4, -0.2) is 63.1 Å². The summed E-state index contributed by atoms with van der Waals surface area (Å²) in [6, 6.07) is 16.7. The molecule has 0 aliphatic heterocycles. The highest BCUT2D eigenvalue weighted by molar-refractivity contribution is 6.03. The number of carbonyl (C=O) groups is 4. The van der Waals surface area contributed by atoms with Crippen LogP contribution in [0.15, 0.2) is 60.7 Å². The van der Waals surface area contributed by atoms with Crippen molar-refractivity contribution in [2.45, 2.75) is 25.7 Å². The van der Waals surface area contributed by atoms with E-state index in [0.29, 0.717) is 0 Å². The predicted octanol–water partition coefficient (Wildman–Crippen LogP) is 1.53. The molecule has 0 aliphatic rings. The fourth-order valence-electron chi connectivity index (χ4n) is 3.54. The van der Waals surface area contributed by atoms with Crippen LogP contribution in [0, 0.1) is 5.92 Å². The summed E-state index contributed by atoms with van der Waals surface area (Å²) < 4.78 is 10.9. The maximum Gasteiger partial charge on any atom is 0.328 e. The second-order valence-electron chi connectivity index (χ2n) is 8.72. The number of benzene rings is 2. The Morgan fingerprint density at radius 1 is 0.750 bits per heavy atom. The number of carboxylic acids is 2. The van der Waals surface area contributed by atoms with E-state index in [4.69, 9.17) is 20.9 Å². The van der Waals surface area contributed by atoms with Crippen LogP contribution in [0.2, 0.25) is 0 Å². The Labute approximate surface area is 229 Å². The minimum absolute atomic E-state index is 0.126. The van der Waals surface area contributed by atoms with Crippen molar-refractivity contribution in [3.8, 4) is 0 Å². The fourth-order valence-corrected chi connectivity index (χ4v) is 3.54. The molecule has 2 atom stereocenters. The van der Waals surface area contributed by atoms with Gasteiger partial charge in [-0.1, -0.05) is 60.7 Å². The maximum absolute atomic E-state index is 12.8. The summed E-state index contributed by atoms with van der Waals surface area (Å²) in [6.07, 6.45) is -0.506. The number of aliphatic carboxylic acids is 2. The lowest BCUT2D eigenvalue weighted by atomic mass is 10.0. The van der Waals surface area contributed by atoms with E-state index >= 15 is 0 Å². The van der Waals surface area contributed by atoms with Gasteiger partial charge in [0, 0.05) is 6.42 Å². The van der Waals surface area contributed by atoms with E-state index in [1.165, 1.54) is 0 Å². The lowest BCUT2D eigenvalue weighted by Crippen LogP contribution is -2.44. The van der Waals surface area contributed by atoms with E-state index < -0.39 is 65.0 Å². The van der Waals surface area contributed by atoms with E-state index in [0.717, 1.165) is 11.1 Å². The molecule has 210 valence electrons. The van der Waals surface area contributed by atoms with E-state index in [1.807, 2.05) is 36.4 Å². The Morgan fingerprint density at radius 3 is 1.77 bits per heavy atom. The number of nitrogens with one attached hydrogen (secondary N) is 1.